The van der Waals surface area contributed by atoms with Crippen LogP contribution >= 0.6 is 0 Å². The van der Waals surface area contributed by atoms with Crippen molar-refractivity contribution >= 4 is 11.6 Å². The molecule has 0 heterocycles. The first-order chi connectivity index (χ1) is 10.9. The number of aryl methyl sites for hydroxylation is 2. The van der Waals surface area contributed by atoms with Crippen LogP contribution in [0.1, 0.15) is 50.7 Å². The number of ether oxygens (including phenoxy) is 2. The predicted molar refractivity (Wildman–Crippen MR) is 93.1 cm³/mol. The van der Waals surface area contributed by atoms with Crippen LogP contribution in [0.5, 0.6) is 5.75 Å². The smallest absolute Gasteiger partial charge is 0.256 e. The summed E-state index contributed by atoms with van der Waals surface area (Å²) in [6, 6.07) is 3.91. The molecule has 2 atom stereocenters. The Morgan fingerprint density at radius 2 is 2.00 bits per heavy atom. The van der Waals surface area contributed by atoms with E-state index >= 15 is 0 Å². The molecule has 1 N–H and O–H groups in total. The van der Waals surface area contributed by atoms with Crippen LogP contribution in [0, 0.1) is 19.8 Å². The zero-order valence-corrected chi connectivity index (χ0v) is 15.0. The maximum absolute atomic E-state index is 12.9. The number of carbonyl (C=O) groups excluding carboxylic acids is 1. The summed E-state index contributed by atoms with van der Waals surface area (Å²) in [6.07, 6.45) is 3.80. The van der Waals surface area contributed by atoms with Gasteiger partial charge in [-0.2, -0.15) is 0 Å². The Bertz CT molecular complexity index is 543. The van der Waals surface area contributed by atoms with Crippen molar-refractivity contribution in [3.8, 4) is 5.75 Å². The van der Waals surface area contributed by atoms with Gasteiger partial charge in [0.1, 0.15) is 11.4 Å². The summed E-state index contributed by atoms with van der Waals surface area (Å²) in [4.78, 5) is 12.9. The van der Waals surface area contributed by atoms with Gasteiger partial charge < -0.3 is 14.8 Å². The number of anilines is 1. The summed E-state index contributed by atoms with van der Waals surface area (Å²) in [5.41, 5.74) is 2.16. The number of benzene rings is 1. The van der Waals surface area contributed by atoms with Crippen molar-refractivity contribution in [3.63, 3.8) is 0 Å². The molecule has 128 valence electrons. The Kier molecular flexibility index (Phi) is 5.69. The Balaban J connectivity index is 2.22. The molecule has 1 fully saturated rings. The van der Waals surface area contributed by atoms with E-state index in [9.17, 15) is 4.79 Å². The fourth-order valence-electron chi connectivity index (χ4n) is 3.77. The van der Waals surface area contributed by atoms with E-state index in [4.69, 9.17) is 9.47 Å². The zero-order chi connectivity index (χ0) is 17.0. The van der Waals surface area contributed by atoms with E-state index in [1.54, 1.807) is 7.11 Å². The molecule has 1 amide bonds. The summed E-state index contributed by atoms with van der Waals surface area (Å²) in [7, 11) is 1.67. The van der Waals surface area contributed by atoms with E-state index < -0.39 is 5.60 Å². The molecule has 0 aliphatic heterocycles. The van der Waals surface area contributed by atoms with Crippen molar-refractivity contribution in [1.82, 2.24) is 0 Å². The molecule has 1 aliphatic carbocycles. The minimum Gasteiger partial charge on any atom is -0.496 e. The van der Waals surface area contributed by atoms with Crippen molar-refractivity contribution in [2.24, 2.45) is 5.92 Å². The average Bonchev–Trinajstić information content (AvgIpc) is 2.47. The second-order valence-electron chi connectivity index (χ2n) is 6.73. The van der Waals surface area contributed by atoms with Crippen molar-refractivity contribution in [3.05, 3.63) is 23.3 Å². The number of amides is 1. The SMILES string of the molecule is CCOC1(C(=O)Nc2cc(C)c(OC)c(C)c2)CCCC(C)C1. The molecule has 0 saturated heterocycles. The molecule has 4 heteroatoms. The lowest BCUT2D eigenvalue weighted by Crippen LogP contribution is -2.48. The monoisotopic (exact) mass is 319 g/mol. The normalized spacial score (nSPS) is 24.3. The lowest BCUT2D eigenvalue weighted by molar-refractivity contribution is -0.147. The largest absolute Gasteiger partial charge is 0.496 e. The van der Waals surface area contributed by atoms with Gasteiger partial charge >= 0.3 is 0 Å². The average molecular weight is 319 g/mol. The van der Waals surface area contributed by atoms with Crippen molar-refractivity contribution in [2.45, 2.75) is 59.0 Å². The second kappa shape index (κ2) is 7.35. The summed E-state index contributed by atoms with van der Waals surface area (Å²) in [6.45, 7) is 8.68. The zero-order valence-electron chi connectivity index (χ0n) is 15.0. The van der Waals surface area contributed by atoms with Gasteiger partial charge in [-0.05, 0) is 69.2 Å². The third-order valence-electron chi connectivity index (χ3n) is 4.71. The Morgan fingerprint density at radius 3 is 2.52 bits per heavy atom. The Morgan fingerprint density at radius 1 is 1.35 bits per heavy atom. The number of carbonyl (C=O) groups is 1. The molecule has 1 saturated carbocycles. The standard InChI is InChI=1S/C19H29NO3/c1-6-23-19(9-7-8-13(2)12-19)18(21)20-16-10-14(3)17(22-5)15(4)11-16/h10-11,13H,6-9,12H2,1-5H3,(H,20,21). The molecule has 4 nitrogen and oxygen atoms in total. The van der Waals surface area contributed by atoms with E-state index in [1.807, 2.05) is 32.9 Å². The number of rotatable bonds is 5. The Labute approximate surface area is 139 Å². The van der Waals surface area contributed by atoms with Crippen molar-refractivity contribution in [2.75, 3.05) is 19.0 Å². The highest BCUT2D eigenvalue weighted by Gasteiger charge is 2.42. The van der Waals surface area contributed by atoms with Crippen LogP contribution in [-0.4, -0.2) is 25.2 Å². The number of methoxy groups -OCH3 is 1. The van der Waals surface area contributed by atoms with Crippen LogP contribution in [0.3, 0.4) is 0 Å². The van der Waals surface area contributed by atoms with E-state index in [0.29, 0.717) is 12.5 Å². The highest BCUT2D eigenvalue weighted by Crippen LogP contribution is 2.36. The van der Waals surface area contributed by atoms with Crippen molar-refractivity contribution in [1.29, 1.82) is 0 Å². The van der Waals surface area contributed by atoms with Crippen LogP contribution in [0.2, 0.25) is 0 Å². The van der Waals surface area contributed by atoms with E-state index in [1.165, 1.54) is 6.42 Å². The van der Waals surface area contributed by atoms with Gasteiger partial charge in [0.2, 0.25) is 0 Å². The molecular weight excluding hydrogens is 290 g/mol. The van der Waals surface area contributed by atoms with E-state index in [0.717, 1.165) is 41.8 Å². The summed E-state index contributed by atoms with van der Waals surface area (Å²) >= 11 is 0. The van der Waals surface area contributed by atoms with Crippen LogP contribution in [0.15, 0.2) is 12.1 Å². The molecule has 1 aromatic carbocycles. The van der Waals surface area contributed by atoms with Crippen molar-refractivity contribution < 1.29 is 14.3 Å². The van der Waals surface area contributed by atoms with Crippen LogP contribution in [-0.2, 0) is 9.53 Å². The molecular formula is C19H29NO3. The maximum Gasteiger partial charge on any atom is 0.256 e. The topological polar surface area (TPSA) is 47.6 Å². The molecule has 0 spiro atoms. The Hall–Kier alpha value is -1.55. The predicted octanol–water partition coefficient (Wildman–Crippen LogP) is 4.24. The highest BCUT2D eigenvalue weighted by atomic mass is 16.5. The van der Waals surface area contributed by atoms with E-state index in [-0.39, 0.29) is 5.91 Å². The molecule has 0 radical (unpaired) electrons. The highest BCUT2D eigenvalue weighted by molar-refractivity contribution is 5.97. The molecule has 0 aromatic heterocycles. The summed E-state index contributed by atoms with van der Waals surface area (Å²) in [5, 5.41) is 3.07. The van der Waals surface area contributed by atoms with Gasteiger partial charge in [-0.1, -0.05) is 13.3 Å². The maximum atomic E-state index is 12.9. The molecule has 1 aromatic rings. The fraction of sp³-hybridized carbons (Fsp3) is 0.632. The van der Waals surface area contributed by atoms with Gasteiger partial charge in [0.05, 0.1) is 7.11 Å². The van der Waals surface area contributed by atoms with Crippen LogP contribution in [0.4, 0.5) is 5.69 Å². The van der Waals surface area contributed by atoms with Crippen LogP contribution < -0.4 is 10.1 Å². The van der Waals surface area contributed by atoms with Gasteiger partial charge in [-0.3, -0.25) is 4.79 Å². The van der Waals surface area contributed by atoms with E-state index in [2.05, 4.69) is 12.2 Å². The first kappa shape index (κ1) is 17.8. The summed E-state index contributed by atoms with van der Waals surface area (Å²) in [5.74, 6) is 1.36. The number of hydrogen-bond donors (Lipinski definition) is 1. The van der Waals surface area contributed by atoms with Gasteiger partial charge in [0.25, 0.3) is 5.91 Å². The number of nitrogens with one attached hydrogen (secondary N) is 1. The lowest BCUT2D eigenvalue weighted by Gasteiger charge is -2.38. The first-order valence-electron chi connectivity index (χ1n) is 8.52. The first-order valence-corrected chi connectivity index (χ1v) is 8.52. The third kappa shape index (κ3) is 3.86. The minimum absolute atomic E-state index is 0.0186. The summed E-state index contributed by atoms with van der Waals surface area (Å²) < 4.78 is 11.3. The molecule has 2 unspecified atom stereocenters. The van der Waals surface area contributed by atoms with Gasteiger partial charge in [0, 0.05) is 12.3 Å². The van der Waals surface area contributed by atoms with Gasteiger partial charge in [0.15, 0.2) is 0 Å². The molecule has 23 heavy (non-hydrogen) atoms. The number of hydrogen-bond acceptors (Lipinski definition) is 3. The molecule has 1 aliphatic rings. The fourth-order valence-corrected chi connectivity index (χ4v) is 3.77. The van der Waals surface area contributed by atoms with Gasteiger partial charge in [-0.25, -0.2) is 0 Å². The molecule has 2 rings (SSSR count). The third-order valence-corrected chi connectivity index (χ3v) is 4.71. The quantitative estimate of drug-likeness (QED) is 0.883. The van der Waals surface area contributed by atoms with Gasteiger partial charge in [-0.15, -0.1) is 0 Å². The van der Waals surface area contributed by atoms with Crippen LogP contribution in [0.25, 0.3) is 0 Å². The minimum atomic E-state index is -0.686. The molecule has 0 bridgehead atoms. The lowest BCUT2D eigenvalue weighted by atomic mass is 9.78. The second-order valence-corrected chi connectivity index (χ2v) is 6.73.